The molecule has 1 aromatic heterocycles. The molecule has 0 radical (unpaired) electrons. The first kappa shape index (κ1) is 27.6. The molecule has 0 bridgehead atoms. The summed E-state index contributed by atoms with van der Waals surface area (Å²) in [6.45, 7) is -0.0582. The van der Waals surface area contributed by atoms with E-state index in [1.165, 1.54) is 24.4 Å². The first-order valence-corrected chi connectivity index (χ1v) is 12.5. The van der Waals surface area contributed by atoms with Crippen molar-refractivity contribution in [3.8, 4) is 17.1 Å². The third-order valence-electron chi connectivity index (χ3n) is 6.37. The van der Waals surface area contributed by atoms with Gasteiger partial charge >= 0.3 is 6.18 Å². The van der Waals surface area contributed by atoms with Gasteiger partial charge in [0.1, 0.15) is 18.2 Å². The van der Waals surface area contributed by atoms with Crippen LogP contribution in [0.15, 0.2) is 101 Å². The molecule has 0 fully saturated rings. The van der Waals surface area contributed by atoms with Crippen molar-refractivity contribution in [3.05, 3.63) is 124 Å². The van der Waals surface area contributed by atoms with Gasteiger partial charge in [-0.25, -0.2) is 9.37 Å². The molecule has 0 saturated heterocycles. The third-order valence-corrected chi connectivity index (χ3v) is 6.37. The lowest BCUT2D eigenvalue weighted by Gasteiger charge is -2.16. The fourth-order valence-electron chi connectivity index (χ4n) is 4.18. The van der Waals surface area contributed by atoms with Crippen molar-refractivity contribution < 1.29 is 22.3 Å². The average Bonchev–Trinajstić information content (AvgIpc) is 2.96. The molecule has 4 aromatic carbocycles. The van der Waals surface area contributed by atoms with E-state index in [0.717, 1.165) is 22.5 Å². The highest BCUT2D eigenvalue weighted by Gasteiger charge is 2.31. The van der Waals surface area contributed by atoms with E-state index in [9.17, 15) is 22.4 Å². The lowest BCUT2D eigenvalue weighted by atomic mass is 10.1. The van der Waals surface area contributed by atoms with E-state index in [2.05, 4.69) is 10.1 Å². The van der Waals surface area contributed by atoms with Crippen LogP contribution in [0.1, 0.15) is 16.7 Å². The molecule has 5 rings (SSSR count). The van der Waals surface area contributed by atoms with Crippen LogP contribution in [0.2, 0.25) is 0 Å². The molecule has 1 heterocycles. The van der Waals surface area contributed by atoms with Gasteiger partial charge in [-0.15, -0.1) is 0 Å². The van der Waals surface area contributed by atoms with Crippen molar-refractivity contribution in [1.82, 2.24) is 9.66 Å². The number of aromatic nitrogens is 2. The summed E-state index contributed by atoms with van der Waals surface area (Å²) in [6.07, 6.45) is -3.22. The maximum absolute atomic E-state index is 14.2. The van der Waals surface area contributed by atoms with Crippen LogP contribution in [0.25, 0.3) is 22.3 Å². The van der Waals surface area contributed by atoms with Crippen LogP contribution in [0, 0.1) is 5.82 Å². The van der Waals surface area contributed by atoms with E-state index >= 15 is 0 Å². The lowest BCUT2D eigenvalue weighted by molar-refractivity contribution is -0.137. The van der Waals surface area contributed by atoms with Crippen molar-refractivity contribution in [3.63, 3.8) is 0 Å². The second kappa shape index (κ2) is 11.2. The van der Waals surface area contributed by atoms with Crippen molar-refractivity contribution >= 4 is 22.8 Å². The Labute approximate surface area is 232 Å². The Bertz CT molecular complexity index is 1810. The van der Waals surface area contributed by atoms with Crippen molar-refractivity contribution in [2.24, 2.45) is 5.10 Å². The van der Waals surface area contributed by atoms with Gasteiger partial charge in [-0.05, 0) is 42.5 Å². The Kier molecular flexibility index (Phi) is 7.56. The summed E-state index contributed by atoms with van der Waals surface area (Å²) in [5.74, 6) is -0.105. The highest BCUT2D eigenvalue weighted by atomic mass is 19.4. The Morgan fingerprint density at radius 1 is 0.951 bits per heavy atom. The van der Waals surface area contributed by atoms with Crippen LogP contribution in [0.3, 0.4) is 0 Å². The number of rotatable bonds is 7. The van der Waals surface area contributed by atoms with E-state index < -0.39 is 23.1 Å². The zero-order valence-corrected chi connectivity index (χ0v) is 22.1. The number of hydrogen-bond donors (Lipinski definition) is 0. The van der Waals surface area contributed by atoms with Crippen LogP contribution in [-0.2, 0) is 12.8 Å². The molecule has 0 aliphatic heterocycles. The van der Waals surface area contributed by atoms with E-state index in [0.29, 0.717) is 22.4 Å². The summed E-state index contributed by atoms with van der Waals surface area (Å²) < 4.78 is 61.6. The summed E-state index contributed by atoms with van der Waals surface area (Å²) in [5, 5.41) is 4.62. The second-order valence-electron chi connectivity index (χ2n) is 9.39. The fraction of sp³-hybridized carbons (Fsp3) is 0.129. The first-order valence-electron chi connectivity index (χ1n) is 12.5. The van der Waals surface area contributed by atoms with Crippen LogP contribution >= 0.6 is 0 Å². The molecular formula is C31H24F4N4O2. The lowest BCUT2D eigenvalue weighted by Crippen LogP contribution is -2.20. The number of benzene rings is 4. The molecule has 0 aliphatic carbocycles. The highest BCUT2D eigenvalue weighted by Crippen LogP contribution is 2.32. The molecule has 208 valence electrons. The normalized spacial score (nSPS) is 11.8. The van der Waals surface area contributed by atoms with Gasteiger partial charge in [0.2, 0.25) is 0 Å². The third kappa shape index (κ3) is 5.96. The Morgan fingerprint density at radius 3 is 2.46 bits per heavy atom. The maximum Gasteiger partial charge on any atom is 0.416 e. The van der Waals surface area contributed by atoms with Crippen molar-refractivity contribution in [1.29, 1.82) is 0 Å². The monoisotopic (exact) mass is 560 g/mol. The Balaban J connectivity index is 1.62. The molecule has 10 heteroatoms. The predicted octanol–water partition coefficient (Wildman–Crippen LogP) is 6.75. The van der Waals surface area contributed by atoms with Crippen LogP contribution in [0.5, 0.6) is 5.75 Å². The number of hydrogen-bond acceptors (Lipinski definition) is 5. The van der Waals surface area contributed by atoms with Gasteiger partial charge < -0.3 is 9.64 Å². The van der Waals surface area contributed by atoms with E-state index in [1.54, 1.807) is 54.6 Å². The van der Waals surface area contributed by atoms with Crippen molar-refractivity contribution in [2.45, 2.75) is 12.8 Å². The van der Waals surface area contributed by atoms with E-state index in [1.807, 2.05) is 25.1 Å². The standard InChI is InChI=1S/C31H24F4N4O2/c1-38(2)24-15-14-21(28(17-24)41-19-22-8-3-5-12-26(22)32)18-36-39-29(20-9-7-10-23(16-20)31(33,34)35)37-27-13-6-4-11-25(27)30(39)40/h3-18H,19H2,1-2H3. The number of ether oxygens (including phenoxy) is 1. The number of nitrogens with zero attached hydrogens (tertiary/aromatic N) is 4. The minimum atomic E-state index is -4.58. The molecule has 0 saturated carbocycles. The highest BCUT2D eigenvalue weighted by molar-refractivity contribution is 5.85. The van der Waals surface area contributed by atoms with Gasteiger partial charge in [-0.1, -0.05) is 42.5 Å². The molecule has 0 aliphatic rings. The number of para-hydroxylation sites is 1. The summed E-state index contributed by atoms with van der Waals surface area (Å²) >= 11 is 0. The average molecular weight is 561 g/mol. The topological polar surface area (TPSA) is 59.7 Å². The summed E-state index contributed by atoms with van der Waals surface area (Å²) in [5.41, 5.74) is 0.572. The van der Waals surface area contributed by atoms with Gasteiger partial charge in [-0.2, -0.15) is 22.9 Å². The minimum absolute atomic E-state index is 0.0582. The number of halogens is 4. The zero-order chi connectivity index (χ0) is 29.1. The second-order valence-corrected chi connectivity index (χ2v) is 9.39. The smallest absolute Gasteiger partial charge is 0.416 e. The van der Waals surface area contributed by atoms with Gasteiger partial charge in [0.05, 0.1) is 22.7 Å². The maximum atomic E-state index is 14.2. The molecule has 6 nitrogen and oxygen atoms in total. The van der Waals surface area contributed by atoms with Gasteiger partial charge in [0.25, 0.3) is 5.56 Å². The number of fused-ring (bicyclic) bond motifs is 1. The van der Waals surface area contributed by atoms with E-state index in [-0.39, 0.29) is 23.4 Å². The number of alkyl halides is 3. The molecule has 0 N–H and O–H groups in total. The van der Waals surface area contributed by atoms with Crippen molar-refractivity contribution in [2.75, 3.05) is 19.0 Å². The van der Waals surface area contributed by atoms with Gasteiger partial charge in [-0.3, -0.25) is 4.79 Å². The fourth-order valence-corrected chi connectivity index (χ4v) is 4.18. The molecule has 0 atom stereocenters. The van der Waals surface area contributed by atoms with Crippen LogP contribution in [-0.4, -0.2) is 30.0 Å². The molecular weight excluding hydrogens is 536 g/mol. The Morgan fingerprint density at radius 2 is 1.71 bits per heavy atom. The van der Waals surface area contributed by atoms with Crippen LogP contribution < -0.4 is 15.2 Å². The van der Waals surface area contributed by atoms with Crippen LogP contribution in [0.4, 0.5) is 23.2 Å². The molecule has 0 unspecified atom stereocenters. The molecule has 0 amide bonds. The summed E-state index contributed by atoms with van der Waals surface area (Å²) in [4.78, 5) is 19.9. The summed E-state index contributed by atoms with van der Waals surface area (Å²) in [6, 6.07) is 22.6. The largest absolute Gasteiger partial charge is 0.488 e. The van der Waals surface area contributed by atoms with E-state index in [4.69, 9.17) is 4.74 Å². The predicted molar refractivity (Wildman–Crippen MR) is 151 cm³/mol. The Hall–Kier alpha value is -4.99. The SMILES string of the molecule is CN(C)c1ccc(C=Nn2c(-c3cccc(C(F)(F)F)c3)nc3ccccc3c2=O)c(OCc2ccccc2F)c1. The quantitative estimate of drug-likeness (QED) is 0.163. The molecule has 5 aromatic rings. The van der Waals surface area contributed by atoms with Gasteiger partial charge in [0.15, 0.2) is 5.82 Å². The summed E-state index contributed by atoms with van der Waals surface area (Å²) in [7, 11) is 3.71. The zero-order valence-electron chi connectivity index (χ0n) is 22.1. The number of anilines is 1. The molecule has 41 heavy (non-hydrogen) atoms. The first-order chi connectivity index (χ1) is 19.6. The minimum Gasteiger partial charge on any atom is -0.488 e. The molecule has 0 spiro atoms. The van der Waals surface area contributed by atoms with Gasteiger partial charge in [0, 0.05) is 42.5 Å².